The van der Waals surface area contributed by atoms with E-state index < -0.39 is 12.0 Å². The van der Waals surface area contributed by atoms with Crippen molar-refractivity contribution in [3.63, 3.8) is 0 Å². The van der Waals surface area contributed by atoms with Gasteiger partial charge in [0, 0.05) is 26.6 Å². The van der Waals surface area contributed by atoms with Gasteiger partial charge in [-0.1, -0.05) is 30.3 Å². The summed E-state index contributed by atoms with van der Waals surface area (Å²) in [5.74, 6) is -1.25. The Bertz CT molecular complexity index is 419. The van der Waals surface area contributed by atoms with Crippen LogP contribution in [0.4, 0.5) is 0 Å². The van der Waals surface area contributed by atoms with Gasteiger partial charge in [0.05, 0.1) is 0 Å². The minimum atomic E-state index is -1.01. The lowest BCUT2D eigenvalue weighted by Gasteiger charge is -2.14. The van der Waals surface area contributed by atoms with Crippen molar-refractivity contribution in [1.29, 1.82) is 0 Å². The van der Waals surface area contributed by atoms with Crippen LogP contribution in [0.3, 0.4) is 0 Å². The lowest BCUT2D eigenvalue weighted by molar-refractivity contribution is -0.141. The van der Waals surface area contributed by atoms with Gasteiger partial charge in [-0.15, -0.1) is 0 Å². The SMILES string of the molecule is COCCCCC(=O)N[C@H](Cc1ccccc1)C(=O)O. The van der Waals surface area contributed by atoms with Crippen LogP contribution < -0.4 is 5.32 Å². The number of hydrogen-bond acceptors (Lipinski definition) is 3. The first-order valence-corrected chi connectivity index (χ1v) is 6.68. The van der Waals surface area contributed by atoms with Crippen LogP contribution in [-0.2, 0) is 20.7 Å². The zero-order valence-electron chi connectivity index (χ0n) is 11.7. The number of rotatable bonds is 9. The van der Waals surface area contributed by atoms with E-state index in [0.717, 1.165) is 12.0 Å². The van der Waals surface area contributed by atoms with Crippen LogP contribution in [-0.4, -0.2) is 36.7 Å². The Kier molecular flexibility index (Phi) is 7.35. The van der Waals surface area contributed by atoms with Gasteiger partial charge in [-0.05, 0) is 18.4 Å². The average molecular weight is 279 g/mol. The van der Waals surface area contributed by atoms with Crippen molar-refractivity contribution < 1.29 is 19.4 Å². The number of carbonyl (C=O) groups excluding carboxylic acids is 1. The van der Waals surface area contributed by atoms with Gasteiger partial charge in [0.1, 0.15) is 6.04 Å². The first kappa shape index (κ1) is 16.2. The predicted molar refractivity (Wildman–Crippen MR) is 75.4 cm³/mol. The summed E-state index contributed by atoms with van der Waals surface area (Å²) < 4.78 is 4.90. The Balaban J connectivity index is 2.43. The van der Waals surface area contributed by atoms with Gasteiger partial charge >= 0.3 is 5.97 Å². The maximum absolute atomic E-state index is 11.7. The molecule has 0 aliphatic rings. The number of unbranched alkanes of at least 4 members (excludes halogenated alkanes) is 1. The maximum atomic E-state index is 11.7. The van der Waals surface area contributed by atoms with Crippen molar-refractivity contribution >= 4 is 11.9 Å². The lowest BCUT2D eigenvalue weighted by atomic mass is 10.1. The van der Waals surface area contributed by atoms with Gasteiger partial charge in [0.2, 0.25) is 5.91 Å². The van der Waals surface area contributed by atoms with E-state index in [-0.39, 0.29) is 5.91 Å². The van der Waals surface area contributed by atoms with Gasteiger partial charge in [-0.2, -0.15) is 0 Å². The number of carbonyl (C=O) groups is 2. The quantitative estimate of drug-likeness (QED) is 0.673. The fraction of sp³-hybridized carbons (Fsp3) is 0.467. The van der Waals surface area contributed by atoms with E-state index in [4.69, 9.17) is 9.84 Å². The third-order valence-corrected chi connectivity index (χ3v) is 2.92. The first-order valence-electron chi connectivity index (χ1n) is 6.68. The summed E-state index contributed by atoms with van der Waals surface area (Å²) in [7, 11) is 1.61. The average Bonchev–Trinajstić information content (AvgIpc) is 2.44. The number of amides is 1. The number of methoxy groups -OCH3 is 1. The molecule has 1 aromatic rings. The molecule has 110 valence electrons. The van der Waals surface area contributed by atoms with Gasteiger partial charge in [-0.25, -0.2) is 4.79 Å². The van der Waals surface area contributed by atoms with E-state index in [0.29, 0.717) is 25.9 Å². The van der Waals surface area contributed by atoms with E-state index >= 15 is 0 Å². The molecule has 0 radical (unpaired) electrons. The molecule has 0 aromatic heterocycles. The molecule has 0 fully saturated rings. The van der Waals surface area contributed by atoms with Crippen molar-refractivity contribution in [2.24, 2.45) is 0 Å². The standard InChI is InChI=1S/C15H21NO4/c1-20-10-6-5-9-14(17)16-13(15(18)19)11-12-7-3-2-4-8-12/h2-4,7-8,13H,5-6,9-11H2,1H3,(H,16,17)(H,18,19)/t13-/m1/s1. The van der Waals surface area contributed by atoms with E-state index in [1.165, 1.54) is 0 Å². The van der Waals surface area contributed by atoms with Crippen LogP contribution in [0.5, 0.6) is 0 Å². The van der Waals surface area contributed by atoms with Crippen LogP contribution in [0.25, 0.3) is 0 Å². The number of carboxylic acids is 1. The molecule has 0 bridgehead atoms. The number of aliphatic carboxylic acids is 1. The predicted octanol–water partition coefficient (Wildman–Crippen LogP) is 1.62. The summed E-state index contributed by atoms with van der Waals surface area (Å²) in [6.07, 6.45) is 2.10. The normalized spacial score (nSPS) is 11.8. The van der Waals surface area contributed by atoms with Crippen molar-refractivity contribution in [3.05, 3.63) is 35.9 Å². The minimum absolute atomic E-state index is 0.232. The fourth-order valence-electron chi connectivity index (χ4n) is 1.85. The highest BCUT2D eigenvalue weighted by Crippen LogP contribution is 2.04. The molecule has 2 N–H and O–H groups in total. The van der Waals surface area contributed by atoms with Crippen LogP contribution >= 0.6 is 0 Å². The van der Waals surface area contributed by atoms with Crippen molar-refractivity contribution in [2.75, 3.05) is 13.7 Å². The molecule has 5 heteroatoms. The Morgan fingerprint density at radius 2 is 1.95 bits per heavy atom. The van der Waals surface area contributed by atoms with Crippen LogP contribution in [0.15, 0.2) is 30.3 Å². The van der Waals surface area contributed by atoms with E-state index in [1.807, 2.05) is 30.3 Å². The molecule has 0 aliphatic carbocycles. The van der Waals surface area contributed by atoms with Gasteiger partial charge < -0.3 is 15.2 Å². The third-order valence-electron chi connectivity index (χ3n) is 2.92. The monoisotopic (exact) mass is 279 g/mol. The van der Waals surface area contributed by atoms with E-state index in [1.54, 1.807) is 7.11 Å². The molecule has 1 amide bonds. The summed E-state index contributed by atoms with van der Waals surface area (Å²) in [5.41, 5.74) is 0.889. The van der Waals surface area contributed by atoms with Crippen LogP contribution in [0.2, 0.25) is 0 Å². The highest BCUT2D eigenvalue weighted by atomic mass is 16.5. The Morgan fingerprint density at radius 3 is 2.55 bits per heavy atom. The highest BCUT2D eigenvalue weighted by Gasteiger charge is 2.19. The van der Waals surface area contributed by atoms with Crippen LogP contribution in [0, 0.1) is 0 Å². The number of benzene rings is 1. The highest BCUT2D eigenvalue weighted by molar-refractivity contribution is 5.83. The van der Waals surface area contributed by atoms with Crippen LogP contribution in [0.1, 0.15) is 24.8 Å². The molecule has 0 saturated carbocycles. The minimum Gasteiger partial charge on any atom is -0.480 e. The second-order valence-corrected chi connectivity index (χ2v) is 4.60. The van der Waals surface area contributed by atoms with Gasteiger partial charge in [0.15, 0.2) is 0 Å². The smallest absolute Gasteiger partial charge is 0.326 e. The number of hydrogen-bond donors (Lipinski definition) is 2. The summed E-state index contributed by atoms with van der Waals surface area (Å²) in [6.45, 7) is 0.611. The lowest BCUT2D eigenvalue weighted by Crippen LogP contribution is -2.42. The Hall–Kier alpha value is -1.88. The number of ether oxygens (including phenoxy) is 1. The summed E-state index contributed by atoms with van der Waals surface area (Å²) in [4.78, 5) is 22.9. The van der Waals surface area contributed by atoms with E-state index in [9.17, 15) is 9.59 Å². The number of nitrogens with one attached hydrogen (secondary N) is 1. The van der Waals surface area contributed by atoms with E-state index in [2.05, 4.69) is 5.32 Å². The molecule has 0 saturated heterocycles. The molecule has 0 heterocycles. The van der Waals surface area contributed by atoms with Crippen molar-refractivity contribution in [2.45, 2.75) is 31.7 Å². The molecule has 0 spiro atoms. The second kappa shape index (κ2) is 9.09. The summed E-state index contributed by atoms with van der Waals surface area (Å²) >= 11 is 0. The Morgan fingerprint density at radius 1 is 1.25 bits per heavy atom. The second-order valence-electron chi connectivity index (χ2n) is 4.60. The molecule has 0 unspecified atom stereocenters. The molecule has 0 aliphatic heterocycles. The zero-order valence-corrected chi connectivity index (χ0v) is 11.7. The van der Waals surface area contributed by atoms with Gasteiger partial charge in [0.25, 0.3) is 0 Å². The molecule has 1 rings (SSSR count). The summed E-state index contributed by atoms with van der Waals surface area (Å²) in [5, 5.41) is 11.7. The fourth-order valence-corrected chi connectivity index (χ4v) is 1.85. The first-order chi connectivity index (χ1) is 9.63. The third kappa shape index (κ3) is 6.33. The topological polar surface area (TPSA) is 75.6 Å². The maximum Gasteiger partial charge on any atom is 0.326 e. The number of carboxylic acid groups (broad SMARTS) is 1. The van der Waals surface area contributed by atoms with Crippen molar-refractivity contribution in [3.8, 4) is 0 Å². The zero-order chi connectivity index (χ0) is 14.8. The molecule has 1 aromatic carbocycles. The summed E-state index contributed by atoms with van der Waals surface area (Å²) in [6, 6.07) is 8.38. The molecular weight excluding hydrogens is 258 g/mol. The molecule has 20 heavy (non-hydrogen) atoms. The van der Waals surface area contributed by atoms with Crippen molar-refractivity contribution in [1.82, 2.24) is 5.32 Å². The Labute approximate surface area is 118 Å². The molecular formula is C15H21NO4. The molecule has 1 atom stereocenters. The largest absolute Gasteiger partial charge is 0.480 e. The molecule has 5 nitrogen and oxygen atoms in total. The van der Waals surface area contributed by atoms with Gasteiger partial charge in [-0.3, -0.25) is 4.79 Å².